The van der Waals surface area contributed by atoms with Crippen molar-refractivity contribution in [3.05, 3.63) is 59.7 Å². The van der Waals surface area contributed by atoms with Crippen LogP contribution in [0.5, 0.6) is 0 Å². The van der Waals surface area contributed by atoms with Gasteiger partial charge in [-0.25, -0.2) is 8.42 Å². The summed E-state index contributed by atoms with van der Waals surface area (Å²) in [4.78, 5) is 11.7. The Bertz CT molecular complexity index is 874. The average molecular weight is 372 g/mol. The van der Waals surface area contributed by atoms with Crippen LogP contribution in [0.4, 0.5) is 5.69 Å². The molecule has 0 saturated carbocycles. The summed E-state index contributed by atoms with van der Waals surface area (Å²) in [5.74, 6) is -0.0976. The summed E-state index contributed by atoms with van der Waals surface area (Å²) in [6.07, 6.45) is 2.06. The number of aryl methyl sites for hydroxylation is 1. The minimum atomic E-state index is -3.58. The number of hydrogen-bond donors (Lipinski definition) is 1. The lowest BCUT2D eigenvalue weighted by atomic mass is 10.0. The summed E-state index contributed by atoms with van der Waals surface area (Å²) >= 11 is 0. The highest BCUT2D eigenvalue weighted by Crippen LogP contribution is 2.36. The van der Waals surface area contributed by atoms with Crippen LogP contribution in [0.1, 0.15) is 43.4 Å². The molecule has 0 spiro atoms. The maximum atomic E-state index is 13.1. The van der Waals surface area contributed by atoms with Crippen LogP contribution in [-0.4, -0.2) is 25.2 Å². The largest absolute Gasteiger partial charge is 0.326 e. The number of carbonyl (C=O) groups is 1. The van der Waals surface area contributed by atoms with Crippen molar-refractivity contribution in [2.24, 2.45) is 0 Å². The monoisotopic (exact) mass is 372 g/mol. The van der Waals surface area contributed by atoms with Gasteiger partial charge < -0.3 is 5.32 Å². The molecule has 1 saturated heterocycles. The van der Waals surface area contributed by atoms with Crippen molar-refractivity contribution in [2.45, 2.75) is 44.0 Å². The van der Waals surface area contributed by atoms with Gasteiger partial charge in [-0.3, -0.25) is 4.79 Å². The topological polar surface area (TPSA) is 66.5 Å². The zero-order chi connectivity index (χ0) is 18.7. The van der Waals surface area contributed by atoms with Gasteiger partial charge in [-0.1, -0.05) is 36.8 Å². The Balaban J connectivity index is 1.84. The van der Waals surface area contributed by atoms with Crippen molar-refractivity contribution < 1.29 is 13.2 Å². The van der Waals surface area contributed by atoms with E-state index in [0.29, 0.717) is 18.7 Å². The van der Waals surface area contributed by atoms with E-state index < -0.39 is 10.0 Å². The number of hydrogen-bond acceptors (Lipinski definition) is 3. The van der Waals surface area contributed by atoms with E-state index in [1.807, 2.05) is 31.2 Å². The Labute approximate surface area is 155 Å². The molecule has 6 heteroatoms. The van der Waals surface area contributed by atoms with E-state index in [4.69, 9.17) is 0 Å². The molecule has 26 heavy (non-hydrogen) atoms. The molecule has 1 fully saturated rings. The highest BCUT2D eigenvalue weighted by molar-refractivity contribution is 7.89. The third-order valence-electron chi connectivity index (χ3n) is 4.73. The van der Waals surface area contributed by atoms with Crippen molar-refractivity contribution in [3.8, 4) is 0 Å². The fraction of sp³-hybridized carbons (Fsp3) is 0.350. The molecule has 0 aliphatic carbocycles. The van der Waals surface area contributed by atoms with Crippen LogP contribution >= 0.6 is 0 Å². The molecule has 2 aromatic rings. The van der Waals surface area contributed by atoms with Gasteiger partial charge in [0.05, 0.1) is 10.9 Å². The Morgan fingerprint density at radius 1 is 1.12 bits per heavy atom. The molecule has 2 aromatic carbocycles. The third-order valence-corrected chi connectivity index (χ3v) is 6.65. The highest BCUT2D eigenvalue weighted by Gasteiger charge is 2.36. The van der Waals surface area contributed by atoms with E-state index in [1.54, 1.807) is 35.5 Å². The molecular weight excluding hydrogens is 348 g/mol. The van der Waals surface area contributed by atoms with Gasteiger partial charge in [0.15, 0.2) is 0 Å². The number of sulfonamides is 1. The normalized spacial score (nSPS) is 18.0. The van der Waals surface area contributed by atoms with Crippen LogP contribution in [0.25, 0.3) is 0 Å². The van der Waals surface area contributed by atoms with Crippen LogP contribution in [0.2, 0.25) is 0 Å². The van der Waals surface area contributed by atoms with Crippen LogP contribution in [0.3, 0.4) is 0 Å². The summed E-state index contributed by atoms with van der Waals surface area (Å²) in [5.41, 5.74) is 2.79. The fourth-order valence-corrected chi connectivity index (χ4v) is 4.93. The summed E-state index contributed by atoms with van der Waals surface area (Å²) in [5, 5.41) is 2.73. The second kappa shape index (κ2) is 7.60. The first-order chi connectivity index (χ1) is 12.4. The van der Waals surface area contributed by atoms with E-state index in [-0.39, 0.29) is 16.8 Å². The lowest BCUT2D eigenvalue weighted by Gasteiger charge is -2.24. The van der Waals surface area contributed by atoms with E-state index in [0.717, 1.165) is 24.0 Å². The number of amides is 1. The van der Waals surface area contributed by atoms with E-state index in [9.17, 15) is 13.2 Å². The number of nitrogens with zero attached hydrogens (tertiary/aromatic N) is 1. The molecule has 0 unspecified atom stereocenters. The first kappa shape index (κ1) is 18.6. The third kappa shape index (κ3) is 3.81. The maximum Gasteiger partial charge on any atom is 0.243 e. The maximum absolute atomic E-state index is 13.1. The molecular formula is C20H24N2O3S. The molecule has 3 rings (SSSR count). The Morgan fingerprint density at radius 2 is 1.77 bits per heavy atom. The van der Waals surface area contributed by atoms with Gasteiger partial charge in [-0.05, 0) is 49.6 Å². The molecule has 1 aliphatic heterocycles. The molecule has 0 bridgehead atoms. The average Bonchev–Trinajstić information content (AvgIpc) is 3.13. The van der Waals surface area contributed by atoms with Gasteiger partial charge >= 0.3 is 0 Å². The Morgan fingerprint density at radius 3 is 2.38 bits per heavy atom. The van der Waals surface area contributed by atoms with Crippen molar-refractivity contribution in [1.82, 2.24) is 4.31 Å². The number of rotatable bonds is 5. The lowest BCUT2D eigenvalue weighted by Crippen LogP contribution is -2.30. The lowest BCUT2D eigenvalue weighted by molar-refractivity contribution is -0.115. The number of benzene rings is 2. The fourth-order valence-electron chi connectivity index (χ4n) is 3.24. The molecule has 1 heterocycles. The van der Waals surface area contributed by atoms with Crippen molar-refractivity contribution in [1.29, 1.82) is 0 Å². The number of anilines is 1. The molecule has 1 amide bonds. The van der Waals surface area contributed by atoms with Gasteiger partial charge in [-0.2, -0.15) is 4.31 Å². The van der Waals surface area contributed by atoms with Crippen molar-refractivity contribution in [2.75, 3.05) is 11.9 Å². The van der Waals surface area contributed by atoms with Gasteiger partial charge in [-0.15, -0.1) is 0 Å². The molecule has 0 aromatic heterocycles. The van der Waals surface area contributed by atoms with Crippen LogP contribution in [0.15, 0.2) is 53.4 Å². The summed E-state index contributed by atoms with van der Waals surface area (Å²) < 4.78 is 27.8. The summed E-state index contributed by atoms with van der Waals surface area (Å²) in [7, 11) is -3.58. The Hall–Kier alpha value is -2.18. The van der Waals surface area contributed by atoms with E-state index in [1.165, 1.54) is 0 Å². The highest BCUT2D eigenvalue weighted by atomic mass is 32.2. The van der Waals surface area contributed by atoms with Gasteiger partial charge in [0.25, 0.3) is 0 Å². The van der Waals surface area contributed by atoms with Crippen molar-refractivity contribution >= 4 is 21.6 Å². The first-order valence-corrected chi connectivity index (χ1v) is 10.3. The van der Waals surface area contributed by atoms with Crippen LogP contribution < -0.4 is 5.32 Å². The second-order valence-electron chi connectivity index (χ2n) is 6.61. The van der Waals surface area contributed by atoms with Crippen LogP contribution in [-0.2, 0) is 14.8 Å². The zero-order valence-corrected chi connectivity index (χ0v) is 15.9. The van der Waals surface area contributed by atoms with Gasteiger partial charge in [0, 0.05) is 18.7 Å². The summed E-state index contributed by atoms with van der Waals surface area (Å²) in [6.45, 7) is 4.31. The molecule has 1 N–H and O–H groups in total. The number of nitrogens with one attached hydrogen (secondary N) is 1. The second-order valence-corrected chi connectivity index (χ2v) is 8.50. The predicted octanol–water partition coefficient (Wildman–Crippen LogP) is 3.87. The van der Waals surface area contributed by atoms with E-state index in [2.05, 4.69) is 5.32 Å². The minimum absolute atomic E-state index is 0.0976. The van der Waals surface area contributed by atoms with Gasteiger partial charge in [0.1, 0.15) is 0 Å². The predicted molar refractivity (Wildman–Crippen MR) is 102 cm³/mol. The molecule has 1 aliphatic rings. The van der Waals surface area contributed by atoms with Crippen LogP contribution in [0, 0.1) is 6.92 Å². The Kier molecular flexibility index (Phi) is 5.44. The smallest absolute Gasteiger partial charge is 0.243 e. The molecule has 138 valence electrons. The molecule has 0 radical (unpaired) electrons. The minimum Gasteiger partial charge on any atom is -0.326 e. The molecule has 1 atom stereocenters. The van der Waals surface area contributed by atoms with E-state index >= 15 is 0 Å². The van der Waals surface area contributed by atoms with Crippen molar-refractivity contribution in [3.63, 3.8) is 0 Å². The standard InChI is InChI=1S/C20H24N2O3S/c1-3-20(23)21-17-10-12-18(13-11-17)26(24,25)22-14-4-5-19(22)16-8-6-15(2)7-9-16/h6-13,19H,3-5,14H2,1-2H3,(H,21,23)/t19-/m1/s1. The molecule has 5 nitrogen and oxygen atoms in total. The SMILES string of the molecule is CCC(=O)Nc1ccc(S(=O)(=O)N2CCC[C@@H]2c2ccc(C)cc2)cc1. The van der Waals surface area contributed by atoms with Gasteiger partial charge in [0.2, 0.25) is 15.9 Å². The number of carbonyl (C=O) groups excluding carboxylic acids is 1. The summed E-state index contributed by atoms with van der Waals surface area (Å²) in [6, 6.07) is 14.3. The zero-order valence-electron chi connectivity index (χ0n) is 15.1. The first-order valence-electron chi connectivity index (χ1n) is 8.90. The quantitative estimate of drug-likeness (QED) is 0.866.